The Kier molecular flexibility index (Phi) is 2.41. The lowest BCUT2D eigenvalue weighted by atomic mass is 9.40. The fraction of sp³-hybridized carbons (Fsp3) is 1.00. The van der Waals surface area contributed by atoms with E-state index >= 15 is 0 Å². The van der Waals surface area contributed by atoms with Crippen LogP contribution >= 0.6 is 0 Å². The summed E-state index contributed by atoms with van der Waals surface area (Å²) in [4.78, 5) is 0. The zero-order valence-electron chi connectivity index (χ0n) is 11.2. The molecular weight excluding hydrogens is 194 g/mol. The van der Waals surface area contributed by atoms with E-state index in [0.29, 0.717) is 11.0 Å². The standard InChI is InChI=1S/C15H27N/c1-4-14(5-2)13-7-11-6-12(8-13)10-15(14,9-11)16-3/h11-13,16H,4-10H2,1-3H3. The number of hydrogen-bond acceptors (Lipinski definition) is 1. The van der Waals surface area contributed by atoms with Crippen molar-refractivity contribution < 1.29 is 0 Å². The molecule has 16 heavy (non-hydrogen) atoms. The van der Waals surface area contributed by atoms with Gasteiger partial charge in [-0.1, -0.05) is 13.8 Å². The summed E-state index contributed by atoms with van der Waals surface area (Å²) in [6.07, 6.45) is 10.3. The van der Waals surface area contributed by atoms with Gasteiger partial charge in [0.2, 0.25) is 0 Å². The highest BCUT2D eigenvalue weighted by atomic mass is 15.0. The third kappa shape index (κ3) is 1.11. The number of nitrogens with one attached hydrogen (secondary N) is 1. The first-order valence-corrected chi connectivity index (χ1v) is 7.38. The van der Waals surface area contributed by atoms with E-state index in [1.165, 1.54) is 25.7 Å². The molecule has 0 heterocycles. The zero-order chi connectivity index (χ0) is 11.4. The molecule has 4 saturated carbocycles. The van der Waals surface area contributed by atoms with Crippen LogP contribution in [0.25, 0.3) is 0 Å². The molecule has 0 aliphatic heterocycles. The predicted octanol–water partition coefficient (Wildman–Crippen LogP) is 3.59. The Morgan fingerprint density at radius 1 is 1.00 bits per heavy atom. The molecule has 92 valence electrons. The lowest BCUT2D eigenvalue weighted by Gasteiger charge is -2.68. The Hall–Kier alpha value is -0.0400. The SMILES string of the molecule is CCC1(CC)C2CC3CC(C2)CC1(NC)C3. The fourth-order valence-corrected chi connectivity index (χ4v) is 6.17. The van der Waals surface area contributed by atoms with E-state index in [-0.39, 0.29) is 0 Å². The molecule has 4 bridgehead atoms. The lowest BCUT2D eigenvalue weighted by molar-refractivity contribution is -0.144. The van der Waals surface area contributed by atoms with Gasteiger partial charge in [0.1, 0.15) is 0 Å². The van der Waals surface area contributed by atoms with Gasteiger partial charge in [-0.15, -0.1) is 0 Å². The topological polar surface area (TPSA) is 12.0 Å². The van der Waals surface area contributed by atoms with Crippen molar-refractivity contribution in [1.29, 1.82) is 0 Å². The molecule has 0 saturated heterocycles. The summed E-state index contributed by atoms with van der Waals surface area (Å²) in [7, 11) is 2.23. The molecule has 4 aliphatic carbocycles. The van der Waals surface area contributed by atoms with Gasteiger partial charge >= 0.3 is 0 Å². The largest absolute Gasteiger partial charge is 0.314 e. The van der Waals surface area contributed by atoms with Crippen LogP contribution in [0.2, 0.25) is 0 Å². The first-order chi connectivity index (χ1) is 7.69. The van der Waals surface area contributed by atoms with Gasteiger partial charge in [0.15, 0.2) is 0 Å². The molecule has 0 aromatic rings. The van der Waals surface area contributed by atoms with Crippen molar-refractivity contribution in [3.8, 4) is 0 Å². The van der Waals surface area contributed by atoms with Crippen LogP contribution in [0.3, 0.4) is 0 Å². The van der Waals surface area contributed by atoms with E-state index in [1.54, 1.807) is 19.3 Å². The van der Waals surface area contributed by atoms with Crippen LogP contribution < -0.4 is 5.32 Å². The van der Waals surface area contributed by atoms with Gasteiger partial charge in [0, 0.05) is 5.54 Å². The van der Waals surface area contributed by atoms with Gasteiger partial charge in [-0.05, 0) is 75.2 Å². The molecule has 2 unspecified atom stereocenters. The quantitative estimate of drug-likeness (QED) is 0.768. The Morgan fingerprint density at radius 2 is 1.56 bits per heavy atom. The highest BCUT2D eigenvalue weighted by molar-refractivity contribution is 5.17. The molecule has 1 nitrogen and oxygen atoms in total. The van der Waals surface area contributed by atoms with E-state index in [1.807, 2.05) is 0 Å². The minimum atomic E-state index is 0.505. The summed E-state index contributed by atoms with van der Waals surface area (Å²) in [5.74, 6) is 3.13. The molecule has 4 rings (SSSR count). The van der Waals surface area contributed by atoms with E-state index < -0.39 is 0 Å². The maximum Gasteiger partial charge on any atom is 0.0242 e. The van der Waals surface area contributed by atoms with Gasteiger partial charge in [-0.25, -0.2) is 0 Å². The van der Waals surface area contributed by atoms with Crippen molar-refractivity contribution >= 4 is 0 Å². The summed E-state index contributed by atoms with van der Waals surface area (Å²) in [6.45, 7) is 4.87. The van der Waals surface area contributed by atoms with Crippen LogP contribution in [0.1, 0.15) is 58.8 Å². The fourth-order valence-electron chi connectivity index (χ4n) is 6.17. The summed E-state index contributed by atoms with van der Waals surface area (Å²) < 4.78 is 0. The second-order valence-corrected chi connectivity index (χ2v) is 6.74. The van der Waals surface area contributed by atoms with Crippen LogP contribution in [0.15, 0.2) is 0 Å². The third-order valence-corrected chi connectivity index (χ3v) is 6.65. The van der Waals surface area contributed by atoms with Crippen molar-refractivity contribution in [2.24, 2.45) is 23.2 Å². The van der Waals surface area contributed by atoms with Crippen molar-refractivity contribution in [2.45, 2.75) is 64.3 Å². The molecular formula is C15H27N. The van der Waals surface area contributed by atoms with E-state index in [2.05, 4.69) is 26.2 Å². The lowest BCUT2D eigenvalue weighted by Crippen LogP contribution is -2.69. The molecule has 1 heteroatoms. The second-order valence-electron chi connectivity index (χ2n) is 6.74. The number of rotatable bonds is 3. The molecule has 2 atom stereocenters. The Balaban J connectivity index is 2.04. The number of hydrogen-bond donors (Lipinski definition) is 1. The van der Waals surface area contributed by atoms with E-state index in [4.69, 9.17) is 0 Å². The maximum atomic E-state index is 3.80. The molecule has 1 N–H and O–H groups in total. The van der Waals surface area contributed by atoms with Crippen molar-refractivity contribution in [2.75, 3.05) is 7.05 Å². The third-order valence-electron chi connectivity index (χ3n) is 6.65. The average Bonchev–Trinajstić information content (AvgIpc) is 2.29. The van der Waals surface area contributed by atoms with Crippen LogP contribution in [0, 0.1) is 23.2 Å². The molecule has 0 aromatic carbocycles. The van der Waals surface area contributed by atoms with E-state index in [0.717, 1.165) is 17.8 Å². The second kappa shape index (κ2) is 3.48. The molecule has 0 radical (unpaired) electrons. The first kappa shape index (κ1) is 11.1. The van der Waals surface area contributed by atoms with E-state index in [9.17, 15) is 0 Å². The highest BCUT2D eigenvalue weighted by Crippen LogP contribution is 2.66. The van der Waals surface area contributed by atoms with Gasteiger partial charge < -0.3 is 5.32 Å². The highest BCUT2D eigenvalue weighted by Gasteiger charge is 2.62. The molecule has 4 fully saturated rings. The minimum Gasteiger partial charge on any atom is -0.314 e. The Morgan fingerprint density at radius 3 is 2.00 bits per heavy atom. The summed E-state index contributed by atoms with van der Waals surface area (Å²) in [5.41, 5.74) is 1.13. The monoisotopic (exact) mass is 221 g/mol. The molecule has 0 spiro atoms. The van der Waals surface area contributed by atoms with Crippen LogP contribution in [0.4, 0.5) is 0 Å². The maximum absolute atomic E-state index is 3.80. The van der Waals surface area contributed by atoms with Gasteiger partial charge in [0.25, 0.3) is 0 Å². The van der Waals surface area contributed by atoms with Crippen LogP contribution in [-0.4, -0.2) is 12.6 Å². The summed E-state index contributed by atoms with van der Waals surface area (Å²) in [6, 6.07) is 0. The summed E-state index contributed by atoms with van der Waals surface area (Å²) in [5, 5.41) is 3.80. The van der Waals surface area contributed by atoms with Crippen molar-refractivity contribution in [1.82, 2.24) is 5.32 Å². The van der Waals surface area contributed by atoms with Gasteiger partial charge in [-0.3, -0.25) is 0 Å². The molecule has 0 aromatic heterocycles. The van der Waals surface area contributed by atoms with Gasteiger partial charge in [-0.2, -0.15) is 0 Å². The predicted molar refractivity (Wildman–Crippen MR) is 68.4 cm³/mol. The first-order valence-electron chi connectivity index (χ1n) is 7.38. The minimum absolute atomic E-state index is 0.505. The van der Waals surface area contributed by atoms with Crippen molar-refractivity contribution in [3.05, 3.63) is 0 Å². The normalized spacial score (nSPS) is 48.6. The van der Waals surface area contributed by atoms with Crippen LogP contribution in [0.5, 0.6) is 0 Å². The zero-order valence-corrected chi connectivity index (χ0v) is 11.2. The average molecular weight is 221 g/mol. The molecule has 0 amide bonds. The van der Waals surface area contributed by atoms with Gasteiger partial charge in [0.05, 0.1) is 0 Å². The van der Waals surface area contributed by atoms with Crippen molar-refractivity contribution in [3.63, 3.8) is 0 Å². The summed E-state index contributed by atoms with van der Waals surface area (Å²) >= 11 is 0. The smallest absolute Gasteiger partial charge is 0.0242 e. The Labute approximate surface area is 100 Å². The molecule has 4 aliphatic rings. The van der Waals surface area contributed by atoms with Crippen LogP contribution in [-0.2, 0) is 0 Å². The Bertz CT molecular complexity index is 265.